The van der Waals surface area contributed by atoms with Crippen molar-refractivity contribution in [2.45, 2.75) is 31.8 Å². The maximum absolute atomic E-state index is 9.25. The summed E-state index contributed by atoms with van der Waals surface area (Å²) < 4.78 is 10.3. The van der Waals surface area contributed by atoms with Crippen molar-refractivity contribution in [1.29, 1.82) is 0 Å². The van der Waals surface area contributed by atoms with Crippen molar-refractivity contribution in [3.05, 3.63) is 12.7 Å². The van der Waals surface area contributed by atoms with Crippen LogP contribution in [0.1, 0.15) is 25.7 Å². The molecule has 100 valence electrons. The summed E-state index contributed by atoms with van der Waals surface area (Å²) in [6.07, 6.45) is 5.52. The molecule has 1 rings (SSSR count). The Bertz CT molecular complexity index is 201. The van der Waals surface area contributed by atoms with Gasteiger partial charge in [-0.15, -0.1) is 0 Å². The molecule has 0 aromatic rings. The van der Waals surface area contributed by atoms with Crippen LogP contribution in [0, 0.1) is 0 Å². The Balaban J connectivity index is 0.000000437. The first-order valence-electron chi connectivity index (χ1n) is 5.86. The molecule has 5 nitrogen and oxygen atoms in total. The van der Waals surface area contributed by atoms with E-state index in [2.05, 4.69) is 6.58 Å². The Hall–Kier alpha value is -0.910. The highest BCUT2D eigenvalue weighted by Gasteiger charge is 2.21. The molecule has 0 spiro atoms. The van der Waals surface area contributed by atoms with Crippen LogP contribution in [0.4, 0.5) is 0 Å². The second-order valence-electron chi connectivity index (χ2n) is 3.71. The van der Waals surface area contributed by atoms with Crippen molar-refractivity contribution in [1.82, 2.24) is 0 Å². The van der Waals surface area contributed by atoms with E-state index < -0.39 is 5.97 Å². The minimum Gasteiger partial charge on any atom is -0.478 e. The lowest BCUT2D eigenvalue weighted by Gasteiger charge is -2.01. The van der Waals surface area contributed by atoms with Crippen LogP contribution in [0.2, 0.25) is 0 Å². The molecule has 0 radical (unpaired) electrons. The van der Waals surface area contributed by atoms with Gasteiger partial charge in [0, 0.05) is 19.3 Å². The Labute approximate surface area is 102 Å². The first-order chi connectivity index (χ1) is 8.20. The number of aliphatic carboxylic acids is 1. The number of unbranched alkanes of at least 4 members (excludes halogenated alkanes) is 3. The van der Waals surface area contributed by atoms with Gasteiger partial charge < -0.3 is 19.7 Å². The predicted molar refractivity (Wildman–Crippen MR) is 63.9 cm³/mol. The molecule has 1 saturated heterocycles. The van der Waals surface area contributed by atoms with Crippen molar-refractivity contribution < 1.29 is 24.5 Å². The molecule has 0 aliphatic carbocycles. The van der Waals surface area contributed by atoms with Gasteiger partial charge in [0.2, 0.25) is 0 Å². The van der Waals surface area contributed by atoms with E-state index in [1.54, 1.807) is 0 Å². The molecule has 17 heavy (non-hydrogen) atoms. The van der Waals surface area contributed by atoms with Crippen molar-refractivity contribution >= 4 is 5.97 Å². The Morgan fingerprint density at radius 2 is 2.00 bits per heavy atom. The van der Waals surface area contributed by atoms with Crippen LogP contribution in [0.3, 0.4) is 0 Å². The third-order valence-corrected chi connectivity index (χ3v) is 2.08. The number of rotatable bonds is 9. The van der Waals surface area contributed by atoms with Gasteiger partial charge in [-0.3, -0.25) is 0 Å². The van der Waals surface area contributed by atoms with E-state index in [0.717, 1.165) is 51.6 Å². The van der Waals surface area contributed by atoms with E-state index in [4.69, 9.17) is 19.7 Å². The fraction of sp³-hybridized carbons (Fsp3) is 0.750. The number of carboxylic acids is 1. The minimum atomic E-state index is -0.981. The SMILES string of the molecule is C=CC(=O)O.OCCCCCCOCC1CO1. The van der Waals surface area contributed by atoms with Crippen LogP contribution >= 0.6 is 0 Å². The van der Waals surface area contributed by atoms with Gasteiger partial charge in [0.25, 0.3) is 0 Å². The number of ether oxygens (including phenoxy) is 2. The Morgan fingerprint density at radius 1 is 1.41 bits per heavy atom. The van der Waals surface area contributed by atoms with E-state index in [0.29, 0.717) is 12.7 Å². The van der Waals surface area contributed by atoms with Gasteiger partial charge in [-0.25, -0.2) is 4.79 Å². The molecule has 1 atom stereocenters. The molecule has 1 unspecified atom stereocenters. The molecule has 0 bridgehead atoms. The molecular formula is C12H22O5. The molecular weight excluding hydrogens is 224 g/mol. The second-order valence-corrected chi connectivity index (χ2v) is 3.71. The summed E-state index contributed by atoms with van der Waals surface area (Å²) in [4.78, 5) is 9.25. The fourth-order valence-corrected chi connectivity index (χ4v) is 1.05. The highest BCUT2D eigenvalue weighted by Crippen LogP contribution is 2.09. The minimum absolute atomic E-state index is 0.316. The lowest BCUT2D eigenvalue weighted by Crippen LogP contribution is -2.02. The quantitative estimate of drug-likeness (QED) is 0.363. The monoisotopic (exact) mass is 246 g/mol. The summed E-state index contributed by atoms with van der Waals surface area (Å²) in [5, 5.41) is 16.1. The number of carbonyl (C=O) groups is 1. The van der Waals surface area contributed by atoms with Crippen molar-refractivity contribution in [3.8, 4) is 0 Å². The van der Waals surface area contributed by atoms with Crippen LogP contribution in [0.5, 0.6) is 0 Å². The highest BCUT2D eigenvalue weighted by atomic mass is 16.6. The van der Waals surface area contributed by atoms with Crippen LogP contribution in [-0.4, -0.2) is 48.7 Å². The summed E-state index contributed by atoms with van der Waals surface area (Å²) in [7, 11) is 0. The molecule has 5 heteroatoms. The summed E-state index contributed by atoms with van der Waals surface area (Å²) in [5.74, 6) is -0.981. The van der Waals surface area contributed by atoms with Crippen molar-refractivity contribution in [2.75, 3.05) is 26.4 Å². The smallest absolute Gasteiger partial charge is 0.327 e. The number of aliphatic hydroxyl groups is 1. The Morgan fingerprint density at radius 3 is 2.47 bits per heavy atom. The molecule has 1 fully saturated rings. The zero-order valence-electron chi connectivity index (χ0n) is 10.1. The van der Waals surface area contributed by atoms with Gasteiger partial charge in [-0.05, 0) is 12.8 Å². The van der Waals surface area contributed by atoms with E-state index in [1.807, 2.05) is 0 Å². The number of hydrogen-bond acceptors (Lipinski definition) is 4. The summed E-state index contributed by atoms with van der Waals surface area (Å²) in [6.45, 7) is 5.76. The van der Waals surface area contributed by atoms with E-state index in [-0.39, 0.29) is 0 Å². The van der Waals surface area contributed by atoms with Gasteiger partial charge in [-0.2, -0.15) is 0 Å². The fourth-order valence-electron chi connectivity index (χ4n) is 1.05. The molecule has 1 aliphatic rings. The number of hydrogen-bond donors (Lipinski definition) is 2. The van der Waals surface area contributed by atoms with Gasteiger partial charge in [-0.1, -0.05) is 19.4 Å². The van der Waals surface area contributed by atoms with Crippen LogP contribution in [0.25, 0.3) is 0 Å². The largest absolute Gasteiger partial charge is 0.478 e. The number of epoxide rings is 1. The predicted octanol–water partition coefficient (Wildman–Crippen LogP) is 1.21. The van der Waals surface area contributed by atoms with E-state index in [1.165, 1.54) is 0 Å². The van der Waals surface area contributed by atoms with Crippen LogP contribution in [0.15, 0.2) is 12.7 Å². The van der Waals surface area contributed by atoms with Crippen molar-refractivity contribution in [2.24, 2.45) is 0 Å². The average molecular weight is 246 g/mol. The molecule has 2 N–H and O–H groups in total. The van der Waals surface area contributed by atoms with Crippen LogP contribution < -0.4 is 0 Å². The molecule has 1 aliphatic heterocycles. The zero-order valence-corrected chi connectivity index (χ0v) is 10.1. The molecule has 1 heterocycles. The van der Waals surface area contributed by atoms with Crippen LogP contribution in [-0.2, 0) is 14.3 Å². The normalized spacial score (nSPS) is 16.9. The maximum Gasteiger partial charge on any atom is 0.327 e. The van der Waals surface area contributed by atoms with E-state index >= 15 is 0 Å². The topological polar surface area (TPSA) is 79.3 Å². The number of carboxylic acid groups (broad SMARTS) is 1. The third kappa shape index (κ3) is 15.1. The standard InChI is InChI=1S/C9H18O3.C3H4O2/c10-5-3-1-2-4-6-11-7-9-8-12-9;1-2-3(4)5/h9-10H,1-8H2;2H,1H2,(H,4,5). The first kappa shape index (κ1) is 16.1. The first-order valence-corrected chi connectivity index (χ1v) is 5.86. The van der Waals surface area contributed by atoms with E-state index in [9.17, 15) is 4.79 Å². The average Bonchev–Trinajstić information content (AvgIpc) is 3.13. The lowest BCUT2D eigenvalue weighted by atomic mass is 10.2. The molecule has 0 saturated carbocycles. The van der Waals surface area contributed by atoms with Crippen molar-refractivity contribution in [3.63, 3.8) is 0 Å². The summed E-state index contributed by atoms with van der Waals surface area (Å²) in [6, 6.07) is 0. The highest BCUT2D eigenvalue weighted by molar-refractivity contribution is 5.78. The molecule has 0 aromatic carbocycles. The molecule has 0 aromatic heterocycles. The number of aliphatic hydroxyl groups excluding tert-OH is 1. The van der Waals surface area contributed by atoms with Gasteiger partial charge in [0.05, 0.1) is 13.2 Å². The lowest BCUT2D eigenvalue weighted by molar-refractivity contribution is -0.131. The summed E-state index contributed by atoms with van der Waals surface area (Å²) >= 11 is 0. The van der Waals surface area contributed by atoms with Gasteiger partial charge in [0.15, 0.2) is 0 Å². The second kappa shape index (κ2) is 11.6. The zero-order chi connectivity index (χ0) is 12.9. The van der Waals surface area contributed by atoms with Gasteiger partial charge in [0.1, 0.15) is 6.10 Å². The molecule has 0 amide bonds. The van der Waals surface area contributed by atoms with Gasteiger partial charge >= 0.3 is 5.97 Å². The third-order valence-electron chi connectivity index (χ3n) is 2.08. The summed E-state index contributed by atoms with van der Waals surface area (Å²) in [5.41, 5.74) is 0. The maximum atomic E-state index is 9.25. The Kier molecular flexibility index (Phi) is 11.0.